The van der Waals surface area contributed by atoms with Crippen molar-refractivity contribution >= 4 is 34.2 Å². The van der Waals surface area contributed by atoms with Crippen LogP contribution in [0.4, 0.5) is 11.4 Å². The minimum Gasteiger partial charge on any atom is -0.456 e. The molecule has 0 saturated carbocycles. The molecule has 0 aliphatic heterocycles. The predicted molar refractivity (Wildman–Crippen MR) is 126 cm³/mol. The van der Waals surface area contributed by atoms with Gasteiger partial charge in [-0.2, -0.15) is 0 Å². The number of aryl methyl sites for hydroxylation is 2. The van der Waals surface area contributed by atoms with Gasteiger partial charge < -0.3 is 15.1 Å². The van der Waals surface area contributed by atoms with E-state index in [1.165, 1.54) is 13.0 Å². The Labute approximate surface area is 184 Å². The summed E-state index contributed by atoms with van der Waals surface area (Å²) < 4.78 is 6.02. The van der Waals surface area contributed by atoms with Gasteiger partial charge in [0, 0.05) is 35.5 Å². The molecule has 3 aromatic carbocycles. The van der Waals surface area contributed by atoms with Crippen molar-refractivity contribution < 1.29 is 14.0 Å². The first kappa shape index (κ1) is 21.1. The van der Waals surface area contributed by atoms with Gasteiger partial charge in [0.2, 0.25) is 5.91 Å². The fourth-order valence-electron chi connectivity index (χ4n) is 3.58. The Hall–Kier alpha value is -4.19. The summed E-state index contributed by atoms with van der Waals surface area (Å²) in [5.41, 5.74) is 4.83. The van der Waals surface area contributed by atoms with E-state index in [9.17, 15) is 14.4 Å². The Balaban J connectivity index is 1.55. The highest BCUT2D eigenvalue weighted by atomic mass is 16.3. The molecular formula is C26H22N2O4. The summed E-state index contributed by atoms with van der Waals surface area (Å²) in [7, 11) is 0. The number of hydrogen-bond acceptors (Lipinski definition) is 4. The first-order valence-electron chi connectivity index (χ1n) is 10.1. The van der Waals surface area contributed by atoms with E-state index in [-0.39, 0.29) is 17.2 Å². The molecule has 1 aromatic heterocycles. The standard InChI is InChI=1S/C26H22N2O4/c1-15-12-16(2)25-22(13-15)23(30)14-24(32-25)18-4-6-19(7-5-18)26(31)28-21-10-8-20(9-11-21)27-17(3)29/h4-14H,1-3H3,(H,27,29)(H,28,31). The van der Waals surface area contributed by atoms with Crippen LogP contribution in [-0.2, 0) is 4.79 Å². The molecule has 1 heterocycles. The molecule has 4 aromatic rings. The van der Waals surface area contributed by atoms with Crippen molar-refractivity contribution in [3.05, 3.63) is 93.6 Å². The van der Waals surface area contributed by atoms with E-state index in [1.807, 2.05) is 26.0 Å². The molecule has 160 valence electrons. The Morgan fingerprint density at radius 2 is 1.44 bits per heavy atom. The molecule has 2 amide bonds. The Kier molecular flexibility index (Phi) is 5.60. The van der Waals surface area contributed by atoms with E-state index in [2.05, 4.69) is 10.6 Å². The lowest BCUT2D eigenvalue weighted by atomic mass is 10.1. The van der Waals surface area contributed by atoms with Gasteiger partial charge in [-0.15, -0.1) is 0 Å². The molecule has 0 fully saturated rings. The number of carbonyl (C=O) groups excluding carboxylic acids is 2. The molecule has 0 radical (unpaired) electrons. The van der Waals surface area contributed by atoms with Gasteiger partial charge in [-0.1, -0.05) is 18.2 Å². The van der Waals surface area contributed by atoms with Crippen LogP contribution in [0.15, 0.2) is 75.9 Å². The highest BCUT2D eigenvalue weighted by molar-refractivity contribution is 6.04. The van der Waals surface area contributed by atoms with Crippen LogP contribution < -0.4 is 16.1 Å². The molecule has 0 atom stereocenters. The molecular weight excluding hydrogens is 404 g/mol. The topological polar surface area (TPSA) is 88.4 Å². The fraction of sp³-hybridized carbons (Fsp3) is 0.115. The molecule has 0 aliphatic carbocycles. The monoisotopic (exact) mass is 426 g/mol. The van der Waals surface area contributed by atoms with Gasteiger partial charge in [0.1, 0.15) is 11.3 Å². The molecule has 4 rings (SSSR count). The quantitative estimate of drug-likeness (QED) is 0.464. The zero-order chi connectivity index (χ0) is 22.8. The van der Waals surface area contributed by atoms with Crippen LogP contribution in [0.2, 0.25) is 0 Å². The summed E-state index contributed by atoms with van der Waals surface area (Å²) in [6.07, 6.45) is 0. The minimum atomic E-state index is -0.268. The summed E-state index contributed by atoms with van der Waals surface area (Å²) in [4.78, 5) is 36.3. The lowest BCUT2D eigenvalue weighted by Crippen LogP contribution is -2.12. The first-order valence-corrected chi connectivity index (χ1v) is 10.1. The predicted octanol–water partition coefficient (Wildman–Crippen LogP) is 5.29. The van der Waals surface area contributed by atoms with Gasteiger partial charge in [0.25, 0.3) is 5.91 Å². The third kappa shape index (κ3) is 4.44. The summed E-state index contributed by atoms with van der Waals surface area (Å²) in [6, 6.07) is 19.0. The van der Waals surface area contributed by atoms with Gasteiger partial charge in [0.15, 0.2) is 5.43 Å². The van der Waals surface area contributed by atoms with Crippen molar-refractivity contribution in [3.8, 4) is 11.3 Å². The van der Waals surface area contributed by atoms with Crippen molar-refractivity contribution in [1.82, 2.24) is 0 Å². The lowest BCUT2D eigenvalue weighted by molar-refractivity contribution is -0.114. The smallest absolute Gasteiger partial charge is 0.255 e. The maximum atomic E-state index is 12.6. The van der Waals surface area contributed by atoms with Gasteiger partial charge in [-0.05, 0) is 67.4 Å². The molecule has 6 heteroatoms. The Bertz CT molecular complexity index is 1380. The van der Waals surface area contributed by atoms with E-state index in [0.717, 1.165) is 11.1 Å². The van der Waals surface area contributed by atoms with Crippen molar-refractivity contribution in [2.75, 3.05) is 10.6 Å². The zero-order valence-electron chi connectivity index (χ0n) is 18.0. The number of hydrogen-bond donors (Lipinski definition) is 2. The molecule has 0 spiro atoms. The summed E-state index contributed by atoms with van der Waals surface area (Å²) >= 11 is 0. The molecule has 6 nitrogen and oxygen atoms in total. The average molecular weight is 426 g/mol. The highest BCUT2D eigenvalue weighted by Crippen LogP contribution is 2.25. The number of benzene rings is 3. The molecule has 2 N–H and O–H groups in total. The largest absolute Gasteiger partial charge is 0.456 e. The number of amides is 2. The van der Waals surface area contributed by atoms with Gasteiger partial charge in [0.05, 0.1) is 5.39 Å². The SMILES string of the molecule is CC(=O)Nc1ccc(NC(=O)c2ccc(-c3cc(=O)c4cc(C)cc(C)c4o3)cc2)cc1. The van der Waals surface area contributed by atoms with E-state index in [1.54, 1.807) is 48.5 Å². The second kappa shape index (κ2) is 8.51. The highest BCUT2D eigenvalue weighted by Gasteiger charge is 2.11. The second-order valence-electron chi connectivity index (χ2n) is 7.72. The van der Waals surface area contributed by atoms with Gasteiger partial charge in [-0.3, -0.25) is 14.4 Å². The molecule has 32 heavy (non-hydrogen) atoms. The van der Waals surface area contributed by atoms with Crippen LogP contribution in [-0.4, -0.2) is 11.8 Å². The van der Waals surface area contributed by atoms with E-state index in [0.29, 0.717) is 39.2 Å². The maximum absolute atomic E-state index is 12.6. The van der Waals surface area contributed by atoms with Gasteiger partial charge in [-0.25, -0.2) is 0 Å². The van der Waals surface area contributed by atoms with Crippen molar-refractivity contribution in [2.45, 2.75) is 20.8 Å². The van der Waals surface area contributed by atoms with E-state index in [4.69, 9.17) is 4.42 Å². The van der Waals surface area contributed by atoms with Crippen LogP contribution in [0, 0.1) is 13.8 Å². The van der Waals surface area contributed by atoms with Crippen molar-refractivity contribution in [1.29, 1.82) is 0 Å². The molecule has 0 unspecified atom stereocenters. The Morgan fingerprint density at radius 3 is 2.06 bits per heavy atom. The van der Waals surface area contributed by atoms with E-state index < -0.39 is 0 Å². The minimum absolute atomic E-state index is 0.0995. The third-order valence-corrected chi connectivity index (χ3v) is 5.05. The van der Waals surface area contributed by atoms with Crippen molar-refractivity contribution in [3.63, 3.8) is 0 Å². The average Bonchev–Trinajstić information content (AvgIpc) is 2.75. The van der Waals surface area contributed by atoms with Crippen LogP contribution >= 0.6 is 0 Å². The second-order valence-corrected chi connectivity index (χ2v) is 7.72. The van der Waals surface area contributed by atoms with E-state index >= 15 is 0 Å². The number of rotatable bonds is 4. The Morgan fingerprint density at radius 1 is 0.812 bits per heavy atom. The number of nitrogens with one attached hydrogen (secondary N) is 2. The fourth-order valence-corrected chi connectivity index (χ4v) is 3.58. The number of fused-ring (bicyclic) bond motifs is 1. The van der Waals surface area contributed by atoms with Crippen LogP contribution in [0.3, 0.4) is 0 Å². The van der Waals surface area contributed by atoms with Crippen LogP contribution in [0.5, 0.6) is 0 Å². The summed E-state index contributed by atoms with van der Waals surface area (Å²) in [6.45, 7) is 5.30. The first-order chi connectivity index (χ1) is 15.3. The summed E-state index contributed by atoms with van der Waals surface area (Å²) in [5.74, 6) is 0.0273. The number of anilines is 2. The normalized spacial score (nSPS) is 10.7. The van der Waals surface area contributed by atoms with Crippen LogP contribution in [0.1, 0.15) is 28.4 Å². The third-order valence-electron chi connectivity index (χ3n) is 5.05. The number of carbonyl (C=O) groups is 2. The molecule has 0 saturated heterocycles. The molecule has 0 bridgehead atoms. The summed E-state index contributed by atoms with van der Waals surface area (Å²) in [5, 5.41) is 6.06. The lowest BCUT2D eigenvalue weighted by Gasteiger charge is -2.09. The maximum Gasteiger partial charge on any atom is 0.255 e. The van der Waals surface area contributed by atoms with Crippen LogP contribution in [0.25, 0.3) is 22.3 Å². The molecule has 0 aliphatic rings. The van der Waals surface area contributed by atoms with Crippen molar-refractivity contribution in [2.24, 2.45) is 0 Å². The van der Waals surface area contributed by atoms with Gasteiger partial charge >= 0.3 is 0 Å². The zero-order valence-corrected chi connectivity index (χ0v) is 18.0.